The van der Waals surface area contributed by atoms with Crippen molar-refractivity contribution in [3.05, 3.63) is 17.1 Å². The first-order valence-corrected chi connectivity index (χ1v) is 5.08. The number of hydrogen-bond acceptors (Lipinski definition) is 2. The fraction of sp³-hybridized carbons (Fsp3) is 0.667. The fourth-order valence-corrected chi connectivity index (χ4v) is 1.76. The molecule has 0 aliphatic rings. The van der Waals surface area contributed by atoms with Crippen LogP contribution in [-0.4, -0.2) is 4.37 Å². The number of nitrogens with zero attached hydrogens (tertiary/aromatic N) is 1. The summed E-state index contributed by atoms with van der Waals surface area (Å²) < 4.78 is 4.31. The van der Waals surface area contributed by atoms with Gasteiger partial charge in [0, 0.05) is 5.38 Å². The van der Waals surface area contributed by atoms with E-state index in [0.717, 1.165) is 0 Å². The van der Waals surface area contributed by atoms with Crippen molar-refractivity contribution in [2.75, 3.05) is 0 Å². The van der Waals surface area contributed by atoms with Crippen LogP contribution in [0.5, 0.6) is 0 Å². The molecule has 11 heavy (non-hydrogen) atoms. The van der Waals surface area contributed by atoms with Gasteiger partial charge >= 0.3 is 0 Å². The summed E-state index contributed by atoms with van der Waals surface area (Å²) >= 11 is 1.55. The van der Waals surface area contributed by atoms with E-state index in [1.165, 1.54) is 25.0 Å². The van der Waals surface area contributed by atoms with Crippen molar-refractivity contribution >= 4 is 11.5 Å². The van der Waals surface area contributed by atoms with E-state index in [-0.39, 0.29) is 0 Å². The van der Waals surface area contributed by atoms with Crippen LogP contribution in [0.15, 0.2) is 11.4 Å². The van der Waals surface area contributed by atoms with Crippen LogP contribution in [0, 0.1) is 0 Å². The summed E-state index contributed by atoms with van der Waals surface area (Å²) in [5.41, 5.74) is 1.27. The maximum Gasteiger partial charge on any atom is 0.0570 e. The first-order chi connectivity index (χ1) is 5.34. The number of aromatic nitrogens is 1. The smallest absolute Gasteiger partial charge is 0.0570 e. The lowest BCUT2D eigenvalue weighted by atomic mass is 10.0. The summed E-state index contributed by atoms with van der Waals surface area (Å²) in [6.45, 7) is 4.48. The van der Waals surface area contributed by atoms with Crippen LogP contribution >= 0.6 is 11.5 Å². The van der Waals surface area contributed by atoms with Gasteiger partial charge in [-0.1, -0.05) is 26.7 Å². The van der Waals surface area contributed by atoms with Crippen molar-refractivity contribution in [3.8, 4) is 0 Å². The quantitative estimate of drug-likeness (QED) is 0.673. The van der Waals surface area contributed by atoms with Gasteiger partial charge in [-0.2, -0.15) is 4.37 Å². The third-order valence-electron chi connectivity index (χ3n) is 1.95. The third kappa shape index (κ3) is 2.62. The van der Waals surface area contributed by atoms with Crippen molar-refractivity contribution in [2.24, 2.45) is 0 Å². The predicted octanol–water partition coefficient (Wildman–Crippen LogP) is 3.44. The van der Waals surface area contributed by atoms with Crippen molar-refractivity contribution in [2.45, 2.75) is 39.0 Å². The standard InChI is InChI=1S/C9H15NS/c1-3-4-5-8(2)9-6-7-11-10-9/h6-8H,3-5H2,1-2H3. The molecule has 0 saturated carbocycles. The summed E-state index contributed by atoms with van der Waals surface area (Å²) in [5.74, 6) is 0.654. The van der Waals surface area contributed by atoms with Crippen LogP contribution in [0.4, 0.5) is 0 Å². The molecule has 0 aliphatic carbocycles. The Labute approximate surface area is 72.6 Å². The van der Waals surface area contributed by atoms with Gasteiger partial charge in [0.2, 0.25) is 0 Å². The van der Waals surface area contributed by atoms with Crippen molar-refractivity contribution in [3.63, 3.8) is 0 Å². The molecule has 1 atom stereocenters. The molecule has 0 aliphatic heterocycles. The van der Waals surface area contributed by atoms with Crippen LogP contribution in [0.1, 0.15) is 44.7 Å². The molecular formula is C9H15NS. The molecule has 0 N–H and O–H groups in total. The minimum Gasteiger partial charge on any atom is -0.197 e. The number of unbranched alkanes of at least 4 members (excludes halogenated alkanes) is 1. The van der Waals surface area contributed by atoms with Crippen molar-refractivity contribution in [1.29, 1.82) is 0 Å². The molecule has 2 heteroatoms. The zero-order valence-electron chi connectivity index (χ0n) is 7.21. The molecule has 0 fully saturated rings. The zero-order valence-corrected chi connectivity index (χ0v) is 8.03. The van der Waals surface area contributed by atoms with Gasteiger partial charge in [0.05, 0.1) is 5.69 Å². The average molecular weight is 169 g/mol. The highest BCUT2D eigenvalue weighted by atomic mass is 32.1. The Hall–Kier alpha value is -0.370. The van der Waals surface area contributed by atoms with Crippen LogP contribution in [-0.2, 0) is 0 Å². The SMILES string of the molecule is CCCCC(C)c1ccsn1. The van der Waals surface area contributed by atoms with E-state index in [2.05, 4.69) is 29.7 Å². The van der Waals surface area contributed by atoms with Crippen LogP contribution in [0.25, 0.3) is 0 Å². The molecule has 1 aromatic rings. The highest BCUT2D eigenvalue weighted by Crippen LogP contribution is 2.20. The summed E-state index contributed by atoms with van der Waals surface area (Å²) in [7, 11) is 0. The molecule has 0 bridgehead atoms. The molecule has 62 valence electrons. The Morgan fingerprint density at radius 3 is 3.00 bits per heavy atom. The number of rotatable bonds is 4. The largest absolute Gasteiger partial charge is 0.197 e. The monoisotopic (exact) mass is 169 g/mol. The minimum atomic E-state index is 0.654. The Morgan fingerprint density at radius 1 is 1.64 bits per heavy atom. The first kappa shape index (κ1) is 8.72. The second-order valence-electron chi connectivity index (χ2n) is 2.97. The molecule has 1 nitrogen and oxygen atoms in total. The Bertz CT molecular complexity index is 181. The van der Waals surface area contributed by atoms with Gasteiger partial charge < -0.3 is 0 Å². The van der Waals surface area contributed by atoms with Crippen LogP contribution < -0.4 is 0 Å². The summed E-state index contributed by atoms with van der Waals surface area (Å²) in [6, 6.07) is 2.13. The second kappa shape index (κ2) is 4.50. The molecular weight excluding hydrogens is 154 g/mol. The molecule has 1 rings (SSSR count). The minimum absolute atomic E-state index is 0.654. The van der Waals surface area contributed by atoms with Gasteiger partial charge in [-0.05, 0) is 29.9 Å². The maximum absolute atomic E-state index is 4.31. The fourth-order valence-electron chi connectivity index (χ4n) is 1.13. The molecule has 0 saturated heterocycles. The van der Waals surface area contributed by atoms with Crippen LogP contribution in [0.3, 0.4) is 0 Å². The average Bonchev–Trinajstić information content (AvgIpc) is 2.52. The van der Waals surface area contributed by atoms with Crippen molar-refractivity contribution in [1.82, 2.24) is 4.37 Å². The van der Waals surface area contributed by atoms with E-state index in [0.29, 0.717) is 5.92 Å². The molecule has 0 spiro atoms. The van der Waals surface area contributed by atoms with Crippen molar-refractivity contribution < 1.29 is 0 Å². The Kier molecular flexibility index (Phi) is 3.57. The van der Waals surface area contributed by atoms with E-state index in [1.54, 1.807) is 11.5 Å². The van der Waals surface area contributed by atoms with Crippen LogP contribution in [0.2, 0.25) is 0 Å². The van der Waals surface area contributed by atoms with Gasteiger partial charge in [0.15, 0.2) is 0 Å². The van der Waals surface area contributed by atoms with Gasteiger partial charge in [0.1, 0.15) is 0 Å². The Morgan fingerprint density at radius 2 is 2.45 bits per heavy atom. The Balaban J connectivity index is 2.36. The zero-order chi connectivity index (χ0) is 8.10. The predicted molar refractivity (Wildman–Crippen MR) is 50.1 cm³/mol. The number of hydrogen-bond donors (Lipinski definition) is 0. The highest BCUT2D eigenvalue weighted by Gasteiger charge is 2.05. The van der Waals surface area contributed by atoms with E-state index in [9.17, 15) is 0 Å². The molecule has 1 unspecified atom stereocenters. The van der Waals surface area contributed by atoms with E-state index in [4.69, 9.17) is 0 Å². The van der Waals surface area contributed by atoms with E-state index >= 15 is 0 Å². The normalized spacial score (nSPS) is 13.3. The summed E-state index contributed by atoms with van der Waals surface area (Å²) in [4.78, 5) is 0. The molecule has 0 amide bonds. The molecule has 0 radical (unpaired) electrons. The lowest BCUT2D eigenvalue weighted by Crippen LogP contribution is -1.92. The van der Waals surface area contributed by atoms with Gasteiger partial charge in [-0.25, -0.2) is 0 Å². The molecule has 0 aromatic carbocycles. The summed E-state index contributed by atoms with van der Waals surface area (Å²) in [6.07, 6.45) is 3.88. The topological polar surface area (TPSA) is 12.9 Å². The van der Waals surface area contributed by atoms with E-state index in [1.807, 2.05) is 0 Å². The maximum atomic E-state index is 4.31. The first-order valence-electron chi connectivity index (χ1n) is 4.25. The highest BCUT2D eigenvalue weighted by molar-refractivity contribution is 7.03. The second-order valence-corrected chi connectivity index (χ2v) is 3.63. The van der Waals surface area contributed by atoms with Gasteiger partial charge in [-0.15, -0.1) is 0 Å². The molecule has 1 aromatic heterocycles. The lowest BCUT2D eigenvalue weighted by molar-refractivity contribution is 0.616. The van der Waals surface area contributed by atoms with E-state index < -0.39 is 0 Å². The lowest BCUT2D eigenvalue weighted by Gasteiger charge is -2.05. The molecule has 1 heterocycles. The summed E-state index contributed by atoms with van der Waals surface area (Å²) in [5, 5.41) is 2.05. The van der Waals surface area contributed by atoms with Gasteiger partial charge in [-0.3, -0.25) is 0 Å². The van der Waals surface area contributed by atoms with Gasteiger partial charge in [0.25, 0.3) is 0 Å². The third-order valence-corrected chi connectivity index (χ3v) is 2.53.